The van der Waals surface area contributed by atoms with Crippen molar-refractivity contribution in [3.63, 3.8) is 0 Å². The molecule has 0 spiro atoms. The molecule has 4 heteroatoms. The van der Waals surface area contributed by atoms with E-state index in [0.29, 0.717) is 23.1 Å². The van der Waals surface area contributed by atoms with Gasteiger partial charge in [0.15, 0.2) is 11.2 Å². The number of benzene rings is 2. The Morgan fingerprint density at radius 3 is 2.31 bits per heavy atom. The molecule has 0 unspecified atom stereocenters. The smallest absolute Gasteiger partial charge is 0.197 e. The third kappa shape index (κ3) is 2.33. The number of ether oxygens (including phenoxy) is 1. The maximum Gasteiger partial charge on any atom is 0.197 e. The molecule has 0 amide bonds. The van der Waals surface area contributed by atoms with Crippen LogP contribution in [0.5, 0.6) is 5.75 Å². The summed E-state index contributed by atoms with van der Waals surface area (Å²) in [6.07, 6.45) is 13.1. The lowest BCUT2D eigenvalue weighted by Crippen LogP contribution is -2.12. The molecular weight excluding hydrogens is 360 g/mol. The van der Waals surface area contributed by atoms with Crippen LogP contribution in [0.2, 0.25) is 0 Å². The molecular formula is C25H16N2O2. The van der Waals surface area contributed by atoms with Gasteiger partial charge < -0.3 is 13.7 Å². The first-order chi connectivity index (χ1) is 14.3. The van der Waals surface area contributed by atoms with Gasteiger partial charge in [-0.05, 0) is 30.3 Å². The summed E-state index contributed by atoms with van der Waals surface area (Å²) in [5, 5.41) is 2.17. The molecule has 0 atom stereocenters. The fourth-order valence-electron chi connectivity index (χ4n) is 4.10. The second-order valence-electron chi connectivity index (χ2n) is 6.77. The zero-order valence-electron chi connectivity index (χ0n) is 15.6. The predicted octanol–water partition coefficient (Wildman–Crippen LogP) is 4.21. The molecule has 0 bridgehead atoms. The van der Waals surface area contributed by atoms with Crippen LogP contribution >= 0.6 is 0 Å². The third-order valence-corrected chi connectivity index (χ3v) is 5.24. The molecule has 29 heavy (non-hydrogen) atoms. The minimum Gasteiger partial charge on any atom is -0.478 e. The maximum atomic E-state index is 13.3. The zero-order valence-corrected chi connectivity index (χ0v) is 15.6. The number of fused-ring (bicyclic) bond motifs is 6. The largest absolute Gasteiger partial charge is 0.478 e. The Labute approximate surface area is 166 Å². The highest BCUT2D eigenvalue weighted by atomic mass is 16.5. The van der Waals surface area contributed by atoms with Gasteiger partial charge in [-0.15, -0.1) is 12.8 Å². The minimum absolute atomic E-state index is 0.0282. The van der Waals surface area contributed by atoms with Gasteiger partial charge in [0.1, 0.15) is 12.1 Å². The molecule has 0 saturated carbocycles. The summed E-state index contributed by atoms with van der Waals surface area (Å²) in [6, 6.07) is 17.3. The third-order valence-electron chi connectivity index (χ3n) is 5.24. The van der Waals surface area contributed by atoms with E-state index in [9.17, 15) is 4.79 Å². The number of terminal acetylenes is 2. The van der Waals surface area contributed by atoms with E-state index in [2.05, 4.69) is 11.8 Å². The Kier molecular flexibility index (Phi) is 3.79. The summed E-state index contributed by atoms with van der Waals surface area (Å²) in [5.41, 5.74) is 3.28. The van der Waals surface area contributed by atoms with Crippen LogP contribution in [0, 0.1) is 24.7 Å². The van der Waals surface area contributed by atoms with Crippen molar-refractivity contribution in [3.05, 3.63) is 71.0 Å². The van der Waals surface area contributed by atoms with Gasteiger partial charge in [-0.25, -0.2) is 0 Å². The van der Waals surface area contributed by atoms with E-state index >= 15 is 0 Å². The minimum atomic E-state index is -0.0282. The molecule has 0 radical (unpaired) electrons. The molecule has 3 aromatic heterocycles. The van der Waals surface area contributed by atoms with Crippen molar-refractivity contribution in [2.75, 3.05) is 6.61 Å². The Hall–Kier alpha value is -4.15. The van der Waals surface area contributed by atoms with Crippen molar-refractivity contribution >= 4 is 38.2 Å². The Bertz CT molecular complexity index is 1570. The van der Waals surface area contributed by atoms with Gasteiger partial charge in [-0.3, -0.25) is 4.79 Å². The molecule has 2 aromatic carbocycles. The fraction of sp³-hybridized carbons (Fsp3) is 0.0800. The van der Waals surface area contributed by atoms with Gasteiger partial charge in [0.2, 0.25) is 0 Å². The standard InChI is InChI=1S/C25H16N2O2/c1-3-14-26-20-11-7-5-9-17(20)24(28)19-13-15-27-21-12-8-6-10-18(21)25(29-16-4-2)23(27)22(19)26/h1-2,5-13,15H,14,16H2. The Morgan fingerprint density at radius 1 is 0.828 bits per heavy atom. The van der Waals surface area contributed by atoms with E-state index in [0.717, 1.165) is 27.5 Å². The summed E-state index contributed by atoms with van der Waals surface area (Å²) in [6.45, 7) is 0.458. The molecule has 0 saturated heterocycles. The van der Waals surface area contributed by atoms with Crippen LogP contribution in [-0.2, 0) is 6.54 Å². The normalized spacial score (nSPS) is 11.1. The van der Waals surface area contributed by atoms with E-state index < -0.39 is 0 Å². The average molecular weight is 376 g/mol. The number of hydrogen-bond donors (Lipinski definition) is 0. The number of pyridine rings is 2. The number of nitrogens with zero attached hydrogens (tertiary/aromatic N) is 2. The van der Waals surface area contributed by atoms with Gasteiger partial charge in [0.25, 0.3) is 0 Å². The molecule has 3 heterocycles. The first-order valence-electron chi connectivity index (χ1n) is 9.23. The molecule has 5 aromatic rings. The second kappa shape index (κ2) is 6.48. The molecule has 0 aliphatic rings. The SMILES string of the molecule is C#CCOc1c2ccccc2n2ccc3c(=O)c4ccccc4n(CC#C)c3c12. The highest BCUT2D eigenvalue weighted by molar-refractivity contribution is 6.09. The summed E-state index contributed by atoms with van der Waals surface area (Å²) in [7, 11) is 0. The van der Waals surface area contributed by atoms with E-state index in [1.165, 1.54) is 0 Å². The first-order valence-corrected chi connectivity index (χ1v) is 9.23. The number of para-hydroxylation sites is 2. The van der Waals surface area contributed by atoms with E-state index in [1.807, 2.05) is 69.8 Å². The van der Waals surface area contributed by atoms with Crippen LogP contribution in [-0.4, -0.2) is 15.6 Å². The maximum absolute atomic E-state index is 13.3. The summed E-state index contributed by atoms with van der Waals surface area (Å²) < 4.78 is 10.0. The average Bonchev–Trinajstić information content (AvgIpc) is 3.08. The van der Waals surface area contributed by atoms with E-state index in [-0.39, 0.29) is 12.0 Å². The van der Waals surface area contributed by atoms with Crippen molar-refractivity contribution in [2.45, 2.75) is 6.54 Å². The number of aromatic nitrogens is 2. The molecule has 138 valence electrons. The molecule has 4 nitrogen and oxygen atoms in total. The van der Waals surface area contributed by atoms with Crippen molar-refractivity contribution in [1.82, 2.24) is 8.97 Å². The quantitative estimate of drug-likeness (QED) is 0.349. The van der Waals surface area contributed by atoms with Crippen LogP contribution < -0.4 is 10.2 Å². The van der Waals surface area contributed by atoms with Gasteiger partial charge >= 0.3 is 0 Å². The van der Waals surface area contributed by atoms with Crippen molar-refractivity contribution in [2.24, 2.45) is 0 Å². The Morgan fingerprint density at radius 2 is 1.55 bits per heavy atom. The van der Waals surface area contributed by atoms with Gasteiger partial charge in [-0.2, -0.15) is 0 Å². The van der Waals surface area contributed by atoms with Crippen molar-refractivity contribution in [3.8, 4) is 30.4 Å². The zero-order chi connectivity index (χ0) is 20.0. The van der Waals surface area contributed by atoms with Crippen LogP contribution in [0.15, 0.2) is 65.6 Å². The molecule has 0 aliphatic heterocycles. The lowest BCUT2D eigenvalue weighted by Gasteiger charge is -2.15. The van der Waals surface area contributed by atoms with Gasteiger partial charge in [0.05, 0.1) is 28.5 Å². The lowest BCUT2D eigenvalue weighted by atomic mass is 10.1. The van der Waals surface area contributed by atoms with Gasteiger partial charge in [0, 0.05) is 17.0 Å². The van der Waals surface area contributed by atoms with Crippen molar-refractivity contribution < 1.29 is 4.74 Å². The highest BCUT2D eigenvalue weighted by Gasteiger charge is 2.20. The number of hydrogen-bond acceptors (Lipinski definition) is 2. The topological polar surface area (TPSA) is 35.6 Å². The summed E-state index contributed by atoms with van der Waals surface area (Å²) in [4.78, 5) is 13.3. The summed E-state index contributed by atoms with van der Waals surface area (Å²) >= 11 is 0. The number of rotatable bonds is 3. The Balaban J connectivity index is 2.11. The molecule has 0 N–H and O–H groups in total. The molecule has 0 aliphatic carbocycles. The second-order valence-corrected chi connectivity index (χ2v) is 6.77. The van der Waals surface area contributed by atoms with Gasteiger partial charge in [-0.1, -0.05) is 36.1 Å². The molecule has 0 fully saturated rings. The van der Waals surface area contributed by atoms with Crippen LogP contribution in [0.25, 0.3) is 38.2 Å². The van der Waals surface area contributed by atoms with Crippen molar-refractivity contribution in [1.29, 1.82) is 0 Å². The summed E-state index contributed by atoms with van der Waals surface area (Å²) in [5.74, 6) is 5.92. The van der Waals surface area contributed by atoms with Crippen LogP contribution in [0.4, 0.5) is 0 Å². The lowest BCUT2D eigenvalue weighted by molar-refractivity contribution is 0.379. The van der Waals surface area contributed by atoms with Crippen LogP contribution in [0.1, 0.15) is 0 Å². The monoisotopic (exact) mass is 376 g/mol. The highest BCUT2D eigenvalue weighted by Crippen LogP contribution is 2.38. The predicted molar refractivity (Wildman–Crippen MR) is 117 cm³/mol. The van der Waals surface area contributed by atoms with E-state index in [4.69, 9.17) is 17.6 Å². The van der Waals surface area contributed by atoms with Crippen LogP contribution in [0.3, 0.4) is 0 Å². The fourth-order valence-corrected chi connectivity index (χ4v) is 4.10. The first kappa shape index (κ1) is 17.0. The van der Waals surface area contributed by atoms with E-state index in [1.54, 1.807) is 0 Å². The molecule has 5 rings (SSSR count).